The van der Waals surface area contributed by atoms with Crippen molar-refractivity contribution < 1.29 is 4.74 Å². The van der Waals surface area contributed by atoms with Gasteiger partial charge in [-0.25, -0.2) is 0 Å². The van der Waals surface area contributed by atoms with Crippen LogP contribution in [0.15, 0.2) is 48.5 Å². The van der Waals surface area contributed by atoms with Crippen molar-refractivity contribution in [3.8, 4) is 0 Å². The minimum Gasteiger partial charge on any atom is -0.399 e. The Kier molecular flexibility index (Phi) is 6.93. The Morgan fingerprint density at radius 2 is 1.00 bits per heavy atom. The fourth-order valence-electron chi connectivity index (χ4n) is 5.02. The van der Waals surface area contributed by atoms with Gasteiger partial charge in [-0.05, 0) is 79.9 Å². The smallest absolute Gasteiger partial charge is 0.0642 e. The van der Waals surface area contributed by atoms with Crippen molar-refractivity contribution >= 4 is 20.2 Å². The molecule has 0 heterocycles. The largest absolute Gasteiger partial charge is 0.399 e. The molecule has 0 bridgehead atoms. The van der Waals surface area contributed by atoms with E-state index in [9.17, 15) is 0 Å². The molecule has 0 radical (unpaired) electrons. The summed E-state index contributed by atoms with van der Waals surface area (Å²) in [7, 11) is 2.76. The summed E-state index contributed by atoms with van der Waals surface area (Å²) < 4.78 is 6.76. The van der Waals surface area contributed by atoms with Gasteiger partial charge >= 0.3 is 0 Å². The number of hydrogen-bond acceptors (Lipinski definition) is 2. The van der Waals surface area contributed by atoms with Gasteiger partial charge in [0.05, 0.1) is 11.2 Å². The molecule has 2 aromatic rings. The molecule has 3 heteroatoms. The second-order valence-electron chi connectivity index (χ2n) is 11.0. The van der Waals surface area contributed by atoms with Crippen LogP contribution in [0.4, 0.5) is 5.69 Å². The Balaban J connectivity index is 2.12. The van der Waals surface area contributed by atoms with Gasteiger partial charge in [-0.15, -0.1) is 9.24 Å². The molecule has 0 saturated heterocycles. The van der Waals surface area contributed by atoms with Gasteiger partial charge in [0.25, 0.3) is 0 Å². The van der Waals surface area contributed by atoms with Crippen LogP contribution >= 0.6 is 9.24 Å². The molecule has 0 aliphatic rings. The summed E-state index contributed by atoms with van der Waals surface area (Å²) in [6, 6.07) is 17.0. The number of ether oxygens (including phenoxy) is 1. The van der Waals surface area contributed by atoms with Crippen LogP contribution in [0.5, 0.6) is 0 Å². The van der Waals surface area contributed by atoms with E-state index in [0.717, 1.165) is 18.5 Å². The zero-order valence-corrected chi connectivity index (χ0v) is 20.8. The summed E-state index contributed by atoms with van der Waals surface area (Å²) in [5, 5.41) is 1.21. The van der Waals surface area contributed by atoms with Crippen molar-refractivity contribution in [3.05, 3.63) is 59.7 Å². The number of benzene rings is 2. The van der Waals surface area contributed by atoms with E-state index in [4.69, 9.17) is 10.5 Å². The Hall–Kier alpha value is -1.37. The van der Waals surface area contributed by atoms with Crippen molar-refractivity contribution in [1.29, 1.82) is 0 Å². The minimum atomic E-state index is -0.256. The van der Waals surface area contributed by atoms with Gasteiger partial charge in [-0.2, -0.15) is 0 Å². The highest BCUT2D eigenvalue weighted by molar-refractivity contribution is 7.27. The van der Waals surface area contributed by atoms with Gasteiger partial charge in [0.2, 0.25) is 0 Å². The second kappa shape index (κ2) is 8.40. The highest BCUT2D eigenvalue weighted by Gasteiger charge is 2.38. The van der Waals surface area contributed by atoms with E-state index in [-0.39, 0.29) is 22.0 Å². The molecule has 0 fully saturated rings. The Morgan fingerprint density at radius 1 is 0.655 bits per heavy atom. The number of hydrogen-bond donors (Lipinski definition) is 1. The standard InChI is InChI=1S/C26H40NOP/c1-23(2,19-9-13-21(27)14-10-19)17-25(5,6)28-26(7,8)18-24(3,4)20-11-15-22(29)16-12-20/h9-16H,17-18,27,29H2,1-8H3. The second-order valence-corrected chi connectivity index (χ2v) is 11.7. The van der Waals surface area contributed by atoms with E-state index >= 15 is 0 Å². The third-order valence-electron chi connectivity index (χ3n) is 5.67. The molecule has 0 amide bonds. The third-order valence-corrected chi connectivity index (χ3v) is 6.06. The minimum absolute atomic E-state index is 0.00256. The summed E-state index contributed by atoms with van der Waals surface area (Å²) in [5.74, 6) is 0. The molecular weight excluding hydrogens is 373 g/mol. The molecule has 0 aliphatic carbocycles. The van der Waals surface area contributed by atoms with Gasteiger partial charge in [0.15, 0.2) is 0 Å². The van der Waals surface area contributed by atoms with Gasteiger partial charge in [-0.1, -0.05) is 64.1 Å². The molecule has 0 aliphatic heterocycles. The lowest BCUT2D eigenvalue weighted by molar-refractivity contribution is -0.141. The molecular formula is C26H40NOP. The highest BCUT2D eigenvalue weighted by Crippen LogP contribution is 2.40. The Bertz CT molecular complexity index is 732. The Morgan fingerprint density at radius 3 is 1.38 bits per heavy atom. The van der Waals surface area contributed by atoms with E-state index in [0.29, 0.717) is 0 Å². The van der Waals surface area contributed by atoms with Crippen LogP contribution in [0.1, 0.15) is 79.4 Å². The Labute approximate surface area is 180 Å². The summed E-state index contributed by atoms with van der Waals surface area (Å²) in [5.41, 5.74) is 8.84. The van der Waals surface area contributed by atoms with Crippen LogP contribution in [0.25, 0.3) is 0 Å². The molecule has 0 aromatic heterocycles. The first-order valence-corrected chi connectivity index (χ1v) is 11.1. The quantitative estimate of drug-likeness (QED) is 0.403. The van der Waals surface area contributed by atoms with Crippen molar-refractivity contribution in [3.63, 3.8) is 0 Å². The summed E-state index contributed by atoms with van der Waals surface area (Å²) in [4.78, 5) is 0. The average molecular weight is 414 g/mol. The molecule has 1 unspecified atom stereocenters. The molecule has 29 heavy (non-hydrogen) atoms. The number of nitrogen functional groups attached to an aromatic ring is 1. The molecule has 2 nitrogen and oxygen atoms in total. The third kappa shape index (κ3) is 6.83. The topological polar surface area (TPSA) is 35.2 Å². The maximum Gasteiger partial charge on any atom is 0.0642 e. The lowest BCUT2D eigenvalue weighted by Gasteiger charge is -2.43. The first-order chi connectivity index (χ1) is 13.1. The van der Waals surface area contributed by atoms with Gasteiger partial charge < -0.3 is 10.5 Å². The normalized spacial score (nSPS) is 13.6. The van der Waals surface area contributed by atoms with Crippen molar-refractivity contribution in [2.45, 2.75) is 90.3 Å². The van der Waals surface area contributed by atoms with E-state index in [1.165, 1.54) is 16.4 Å². The van der Waals surface area contributed by atoms with Crippen LogP contribution in [-0.2, 0) is 15.6 Å². The van der Waals surface area contributed by atoms with E-state index in [1.54, 1.807) is 0 Å². The van der Waals surface area contributed by atoms with Gasteiger partial charge in [0.1, 0.15) is 0 Å². The number of anilines is 1. The zero-order chi connectivity index (χ0) is 22.1. The highest BCUT2D eigenvalue weighted by atomic mass is 31.0. The summed E-state index contributed by atoms with van der Waals surface area (Å²) in [6.07, 6.45) is 1.87. The maximum atomic E-state index is 6.76. The van der Waals surface area contributed by atoms with Crippen molar-refractivity contribution in [1.82, 2.24) is 0 Å². The van der Waals surface area contributed by atoms with Crippen LogP contribution in [-0.4, -0.2) is 11.2 Å². The van der Waals surface area contributed by atoms with E-state index < -0.39 is 0 Å². The average Bonchev–Trinajstić information content (AvgIpc) is 2.52. The van der Waals surface area contributed by atoms with E-state index in [2.05, 4.69) is 101 Å². The van der Waals surface area contributed by atoms with Crippen LogP contribution < -0.4 is 11.0 Å². The predicted molar refractivity (Wildman–Crippen MR) is 131 cm³/mol. The number of nitrogens with two attached hydrogens (primary N) is 1. The molecule has 0 spiro atoms. The van der Waals surface area contributed by atoms with Gasteiger partial charge in [0, 0.05) is 5.69 Å². The predicted octanol–water partition coefficient (Wildman–Crippen LogP) is 6.38. The molecule has 0 saturated carbocycles. The van der Waals surface area contributed by atoms with Crippen molar-refractivity contribution in [2.75, 3.05) is 5.73 Å². The number of rotatable bonds is 8. The van der Waals surface area contributed by atoms with Gasteiger partial charge in [-0.3, -0.25) is 0 Å². The molecule has 2 rings (SSSR count). The maximum absolute atomic E-state index is 6.76. The first-order valence-electron chi connectivity index (χ1n) is 10.5. The van der Waals surface area contributed by atoms with Crippen LogP contribution in [0.3, 0.4) is 0 Å². The molecule has 2 N–H and O–H groups in total. The van der Waals surface area contributed by atoms with E-state index in [1.807, 2.05) is 12.1 Å². The zero-order valence-electron chi connectivity index (χ0n) is 19.6. The van der Waals surface area contributed by atoms with Crippen LogP contribution in [0, 0.1) is 0 Å². The molecule has 1 atom stereocenters. The first kappa shape index (κ1) is 23.9. The summed E-state index contributed by atoms with van der Waals surface area (Å²) >= 11 is 0. The van der Waals surface area contributed by atoms with Crippen molar-refractivity contribution in [2.24, 2.45) is 0 Å². The monoisotopic (exact) mass is 413 g/mol. The summed E-state index contributed by atoms with van der Waals surface area (Å²) in [6.45, 7) is 18.0. The lowest BCUT2D eigenvalue weighted by atomic mass is 9.74. The lowest BCUT2D eigenvalue weighted by Crippen LogP contribution is -2.43. The molecule has 2 aromatic carbocycles. The SMILES string of the molecule is CC(C)(CC(C)(C)c1ccc(N)cc1)OC(C)(C)CC(C)(C)c1ccc(P)cc1. The fourth-order valence-corrected chi connectivity index (χ4v) is 5.21. The fraction of sp³-hybridized carbons (Fsp3) is 0.538. The van der Waals surface area contributed by atoms with Crippen LogP contribution in [0.2, 0.25) is 0 Å². The molecule has 160 valence electrons.